The summed E-state index contributed by atoms with van der Waals surface area (Å²) in [5, 5.41) is 24.2. The predicted octanol–water partition coefficient (Wildman–Crippen LogP) is 2.37. The number of aliphatic hydroxyl groups is 2. The number of ether oxygens (including phenoxy) is 4. The standard InChI is InChI=1S/C31H43NO7/c1-5-32-15-29(16-36-2)12-11-21(33)31-19-13-18-20(37-3)14-30(22(19)24(18)34,23(27(31)32)25(38-4)26(29)31)39-28(35)17-9-7-6-8-10-17/h6-10,18-27,33-34H,5,11-16H2,1-4H3/t18-,19-,20+,21+,22-,23?,24?,25+,26-,27?,29+,30-,31?/m1/s1. The number of piperidine rings is 1. The lowest BCUT2D eigenvalue weighted by Gasteiger charge is -2.69. The van der Waals surface area contributed by atoms with Gasteiger partial charge < -0.3 is 29.2 Å². The zero-order valence-electron chi connectivity index (χ0n) is 23.5. The van der Waals surface area contributed by atoms with Crippen LogP contribution < -0.4 is 0 Å². The average Bonchev–Trinajstić information content (AvgIpc) is 3.35. The molecule has 7 bridgehead atoms. The van der Waals surface area contributed by atoms with Gasteiger partial charge in [-0.25, -0.2) is 4.79 Å². The zero-order valence-corrected chi connectivity index (χ0v) is 23.5. The number of rotatable bonds is 7. The van der Waals surface area contributed by atoms with Gasteiger partial charge in [-0.3, -0.25) is 4.90 Å². The SMILES string of the molecule is CCN1C[C@]2(COC)CC[C@H](O)C34C1C([C@H](OC)[C@@H]32)[C@@]1(OC(=O)c2ccccc2)C[C@H](OC)[C@H]2C[C@@H]4[C@@H]1C2O. The molecule has 2 N–H and O–H groups in total. The van der Waals surface area contributed by atoms with Gasteiger partial charge in [0.15, 0.2) is 0 Å². The minimum Gasteiger partial charge on any atom is -0.454 e. The normalized spacial score (nSPS) is 51.1. The first kappa shape index (κ1) is 26.4. The van der Waals surface area contributed by atoms with Gasteiger partial charge in [0.1, 0.15) is 5.60 Å². The van der Waals surface area contributed by atoms with Crippen molar-refractivity contribution in [2.45, 2.75) is 68.7 Å². The lowest BCUT2D eigenvalue weighted by Crippen LogP contribution is -2.76. The molecule has 7 rings (SSSR count). The van der Waals surface area contributed by atoms with Crippen molar-refractivity contribution < 1.29 is 34.0 Å². The third kappa shape index (κ3) is 3.03. The summed E-state index contributed by atoms with van der Waals surface area (Å²) < 4.78 is 25.3. The molecule has 0 aromatic heterocycles. The maximum atomic E-state index is 13.9. The van der Waals surface area contributed by atoms with Crippen LogP contribution in [0.2, 0.25) is 0 Å². The first-order valence-corrected chi connectivity index (χ1v) is 14.8. The van der Waals surface area contributed by atoms with Crippen LogP contribution in [0, 0.1) is 40.4 Å². The number of nitrogens with zero attached hydrogens (tertiary/aromatic N) is 1. The van der Waals surface area contributed by atoms with Crippen molar-refractivity contribution in [2.75, 3.05) is 41.0 Å². The molecule has 1 spiro atoms. The van der Waals surface area contributed by atoms with Gasteiger partial charge >= 0.3 is 5.97 Å². The van der Waals surface area contributed by atoms with E-state index in [0.29, 0.717) is 25.0 Å². The van der Waals surface area contributed by atoms with Gasteiger partial charge in [0.25, 0.3) is 0 Å². The molecule has 39 heavy (non-hydrogen) atoms. The van der Waals surface area contributed by atoms with Crippen molar-refractivity contribution in [2.24, 2.45) is 40.4 Å². The maximum Gasteiger partial charge on any atom is 0.338 e. The molecule has 8 heteroatoms. The van der Waals surface area contributed by atoms with Gasteiger partial charge in [-0.2, -0.15) is 0 Å². The number of carbonyl (C=O) groups is 1. The highest BCUT2D eigenvalue weighted by Crippen LogP contribution is 2.79. The number of hydrogen-bond donors (Lipinski definition) is 2. The quantitative estimate of drug-likeness (QED) is 0.508. The second-order valence-electron chi connectivity index (χ2n) is 13.3. The molecule has 6 aliphatic rings. The minimum atomic E-state index is -0.977. The second kappa shape index (κ2) is 8.97. The van der Waals surface area contributed by atoms with Gasteiger partial charge in [-0.15, -0.1) is 0 Å². The fourth-order valence-corrected chi connectivity index (χ4v) is 11.6. The number of benzene rings is 1. The number of esters is 1. The highest BCUT2D eigenvalue weighted by atomic mass is 16.6. The van der Waals surface area contributed by atoms with Gasteiger partial charge in [-0.05, 0) is 43.9 Å². The van der Waals surface area contributed by atoms with Gasteiger partial charge in [0.2, 0.25) is 0 Å². The Bertz CT molecular complexity index is 1120. The first-order chi connectivity index (χ1) is 18.8. The fraction of sp³-hybridized carbons (Fsp3) is 0.774. The van der Waals surface area contributed by atoms with Crippen LogP contribution >= 0.6 is 0 Å². The van der Waals surface area contributed by atoms with E-state index in [2.05, 4.69) is 11.8 Å². The molecule has 0 radical (unpaired) electrons. The number of carbonyl (C=O) groups excluding carboxylic acids is 1. The highest BCUT2D eigenvalue weighted by Gasteiger charge is 2.87. The Hall–Kier alpha value is -1.55. The summed E-state index contributed by atoms with van der Waals surface area (Å²) in [7, 11) is 5.25. The van der Waals surface area contributed by atoms with Crippen LogP contribution in [0.4, 0.5) is 0 Å². The summed E-state index contributed by atoms with van der Waals surface area (Å²) in [6, 6.07) is 9.13. The Balaban J connectivity index is 1.47. The van der Waals surface area contributed by atoms with Crippen molar-refractivity contribution in [3.05, 3.63) is 35.9 Å². The highest BCUT2D eigenvalue weighted by molar-refractivity contribution is 5.89. The maximum absolute atomic E-state index is 13.9. The topological polar surface area (TPSA) is 97.7 Å². The molecule has 1 aliphatic heterocycles. The Labute approximate surface area is 230 Å². The number of methoxy groups -OCH3 is 3. The molecule has 1 heterocycles. The van der Waals surface area contributed by atoms with Crippen molar-refractivity contribution in [1.29, 1.82) is 0 Å². The van der Waals surface area contributed by atoms with Gasteiger partial charge in [-0.1, -0.05) is 25.1 Å². The molecule has 0 amide bonds. The Morgan fingerprint density at radius 3 is 2.54 bits per heavy atom. The average molecular weight is 542 g/mol. The number of likely N-dealkylation sites (tertiary alicyclic amines) is 1. The molecule has 1 saturated heterocycles. The molecule has 1 aromatic carbocycles. The van der Waals surface area contributed by atoms with E-state index >= 15 is 0 Å². The lowest BCUT2D eigenvalue weighted by molar-refractivity contribution is -0.271. The van der Waals surface area contributed by atoms with Gasteiger partial charge in [0, 0.05) is 74.8 Å². The van der Waals surface area contributed by atoms with E-state index in [-0.39, 0.29) is 59.2 Å². The zero-order chi connectivity index (χ0) is 27.3. The minimum absolute atomic E-state index is 0.0199. The summed E-state index contributed by atoms with van der Waals surface area (Å²) in [5.41, 5.74) is -1.12. The molecule has 5 saturated carbocycles. The van der Waals surface area contributed by atoms with E-state index in [1.54, 1.807) is 33.5 Å². The molecule has 6 fully saturated rings. The lowest BCUT2D eigenvalue weighted by atomic mass is 9.43. The predicted molar refractivity (Wildman–Crippen MR) is 142 cm³/mol. The molecule has 4 unspecified atom stereocenters. The van der Waals surface area contributed by atoms with Gasteiger partial charge in [0.05, 0.1) is 36.6 Å². The van der Waals surface area contributed by atoms with Crippen LogP contribution in [0.5, 0.6) is 0 Å². The van der Waals surface area contributed by atoms with E-state index in [0.717, 1.165) is 25.9 Å². The Morgan fingerprint density at radius 2 is 1.87 bits per heavy atom. The molecular formula is C31H43NO7. The van der Waals surface area contributed by atoms with E-state index in [1.165, 1.54) is 0 Å². The second-order valence-corrected chi connectivity index (χ2v) is 13.3. The third-order valence-electron chi connectivity index (χ3n) is 12.4. The van der Waals surface area contributed by atoms with Crippen molar-refractivity contribution >= 4 is 5.97 Å². The molecular weight excluding hydrogens is 498 g/mol. The molecule has 214 valence electrons. The number of aliphatic hydroxyl groups excluding tert-OH is 2. The van der Waals surface area contributed by atoms with E-state index in [1.807, 2.05) is 18.2 Å². The fourth-order valence-electron chi connectivity index (χ4n) is 11.6. The molecule has 8 nitrogen and oxygen atoms in total. The van der Waals surface area contributed by atoms with Crippen LogP contribution in [-0.2, 0) is 18.9 Å². The number of fused-ring (bicyclic) bond motifs is 2. The Morgan fingerprint density at radius 1 is 1.10 bits per heavy atom. The summed E-state index contributed by atoms with van der Waals surface area (Å²) in [6.45, 7) is 4.48. The smallest absolute Gasteiger partial charge is 0.338 e. The largest absolute Gasteiger partial charge is 0.454 e. The Kier molecular flexibility index (Phi) is 6.06. The van der Waals surface area contributed by atoms with Crippen LogP contribution in [0.25, 0.3) is 0 Å². The van der Waals surface area contributed by atoms with E-state index < -0.39 is 23.2 Å². The molecule has 5 aliphatic carbocycles. The van der Waals surface area contributed by atoms with Crippen LogP contribution in [0.15, 0.2) is 30.3 Å². The summed E-state index contributed by atoms with van der Waals surface area (Å²) in [5.74, 6) is -0.883. The number of hydrogen-bond acceptors (Lipinski definition) is 8. The molecule has 1 aromatic rings. The van der Waals surface area contributed by atoms with Crippen molar-refractivity contribution in [1.82, 2.24) is 4.90 Å². The van der Waals surface area contributed by atoms with E-state index in [4.69, 9.17) is 18.9 Å². The van der Waals surface area contributed by atoms with Crippen LogP contribution in [0.3, 0.4) is 0 Å². The monoisotopic (exact) mass is 541 g/mol. The molecule has 13 atom stereocenters. The summed E-state index contributed by atoms with van der Waals surface area (Å²) >= 11 is 0. The van der Waals surface area contributed by atoms with E-state index in [9.17, 15) is 15.0 Å². The van der Waals surface area contributed by atoms with Crippen molar-refractivity contribution in [3.63, 3.8) is 0 Å². The van der Waals surface area contributed by atoms with Crippen LogP contribution in [-0.4, -0.2) is 98.2 Å². The van der Waals surface area contributed by atoms with Crippen molar-refractivity contribution in [3.8, 4) is 0 Å². The summed E-state index contributed by atoms with van der Waals surface area (Å²) in [4.78, 5) is 16.4. The van der Waals surface area contributed by atoms with Crippen LogP contribution in [0.1, 0.15) is 43.0 Å². The first-order valence-electron chi connectivity index (χ1n) is 14.8. The third-order valence-corrected chi connectivity index (χ3v) is 12.4. The summed E-state index contributed by atoms with van der Waals surface area (Å²) in [6.07, 6.45) is 1.19.